The van der Waals surface area contributed by atoms with Crippen LogP contribution < -0.4 is 5.32 Å². The summed E-state index contributed by atoms with van der Waals surface area (Å²) in [5.41, 5.74) is 1.43. The summed E-state index contributed by atoms with van der Waals surface area (Å²) >= 11 is 0. The number of hydrogen-bond acceptors (Lipinski definition) is 3. The Balaban J connectivity index is 2.02. The highest BCUT2D eigenvalue weighted by Gasteiger charge is 2.15. The average molecular weight is 234 g/mol. The molecule has 17 heavy (non-hydrogen) atoms. The minimum Gasteiger partial charge on any atom is -0.478 e. The van der Waals surface area contributed by atoms with E-state index in [4.69, 9.17) is 5.11 Å². The quantitative estimate of drug-likeness (QED) is 0.824. The topological polar surface area (TPSA) is 52.6 Å². The highest BCUT2D eigenvalue weighted by Crippen LogP contribution is 2.10. The van der Waals surface area contributed by atoms with Gasteiger partial charge in [-0.05, 0) is 24.6 Å². The minimum atomic E-state index is -0.861. The van der Waals surface area contributed by atoms with Gasteiger partial charge in [-0.2, -0.15) is 0 Å². The molecule has 0 spiro atoms. The number of carboxylic acids is 1. The third kappa shape index (κ3) is 3.28. The molecule has 1 aliphatic rings. The molecule has 1 saturated heterocycles. The molecule has 4 heteroatoms. The number of carbonyl (C=O) groups is 1. The Labute approximate surface area is 101 Å². The van der Waals surface area contributed by atoms with Crippen LogP contribution in [0.5, 0.6) is 0 Å². The summed E-state index contributed by atoms with van der Waals surface area (Å²) in [7, 11) is 0. The number of nitrogens with zero attached hydrogens (tertiary/aromatic N) is 1. The first-order chi connectivity index (χ1) is 8.15. The van der Waals surface area contributed by atoms with Crippen LogP contribution in [0.15, 0.2) is 24.3 Å². The maximum absolute atomic E-state index is 10.9. The Kier molecular flexibility index (Phi) is 3.76. The van der Waals surface area contributed by atoms with E-state index in [-0.39, 0.29) is 0 Å². The predicted octanol–water partition coefficient (Wildman–Crippen LogP) is 1.18. The summed E-state index contributed by atoms with van der Waals surface area (Å²) in [5, 5.41) is 12.3. The van der Waals surface area contributed by atoms with Crippen LogP contribution >= 0.6 is 0 Å². The van der Waals surface area contributed by atoms with Crippen LogP contribution in [0.1, 0.15) is 22.8 Å². The fourth-order valence-electron chi connectivity index (χ4n) is 2.22. The molecule has 0 aromatic heterocycles. The monoisotopic (exact) mass is 234 g/mol. The van der Waals surface area contributed by atoms with Gasteiger partial charge in [0.25, 0.3) is 0 Å². The largest absolute Gasteiger partial charge is 0.478 e. The van der Waals surface area contributed by atoms with E-state index in [2.05, 4.69) is 17.1 Å². The Bertz CT molecular complexity index is 406. The zero-order valence-corrected chi connectivity index (χ0v) is 10.0. The molecule has 2 N–H and O–H groups in total. The molecule has 1 heterocycles. The van der Waals surface area contributed by atoms with E-state index in [1.165, 1.54) is 0 Å². The molecule has 0 unspecified atom stereocenters. The number of hydrogen-bond donors (Lipinski definition) is 2. The van der Waals surface area contributed by atoms with Crippen LogP contribution in [0.25, 0.3) is 0 Å². The molecule has 1 aromatic rings. The average Bonchev–Trinajstić information content (AvgIpc) is 2.29. The summed E-state index contributed by atoms with van der Waals surface area (Å²) < 4.78 is 0. The van der Waals surface area contributed by atoms with Crippen LogP contribution in [0.3, 0.4) is 0 Å². The van der Waals surface area contributed by atoms with Gasteiger partial charge in [0.15, 0.2) is 0 Å². The van der Waals surface area contributed by atoms with Crippen molar-refractivity contribution in [2.75, 3.05) is 19.6 Å². The molecule has 0 aliphatic carbocycles. The lowest BCUT2D eigenvalue weighted by molar-refractivity contribution is 0.0696. The molecule has 2 rings (SSSR count). The molecule has 1 fully saturated rings. The molecule has 92 valence electrons. The van der Waals surface area contributed by atoms with Crippen LogP contribution in [-0.2, 0) is 6.54 Å². The highest BCUT2D eigenvalue weighted by atomic mass is 16.4. The summed E-state index contributed by atoms with van der Waals surface area (Å²) in [6.07, 6.45) is 0. The van der Waals surface area contributed by atoms with Crippen molar-refractivity contribution >= 4 is 5.97 Å². The third-order valence-electron chi connectivity index (χ3n) is 3.03. The number of piperazine rings is 1. The van der Waals surface area contributed by atoms with Gasteiger partial charge in [0.2, 0.25) is 0 Å². The van der Waals surface area contributed by atoms with Crippen molar-refractivity contribution in [1.29, 1.82) is 0 Å². The molecular formula is C13H18N2O2. The predicted molar refractivity (Wildman–Crippen MR) is 66.1 cm³/mol. The van der Waals surface area contributed by atoms with Gasteiger partial charge in [-0.1, -0.05) is 12.1 Å². The van der Waals surface area contributed by atoms with E-state index in [9.17, 15) is 4.79 Å². The Hall–Kier alpha value is -1.39. The van der Waals surface area contributed by atoms with Gasteiger partial charge in [0.05, 0.1) is 5.56 Å². The summed E-state index contributed by atoms with van der Waals surface area (Å²) in [6.45, 7) is 6.02. The van der Waals surface area contributed by atoms with Gasteiger partial charge in [-0.25, -0.2) is 4.79 Å². The standard InChI is InChI=1S/C13H18N2O2/c1-10-8-15(6-5-14-10)9-11-3-2-4-12(7-11)13(16)17/h2-4,7,10,14H,5-6,8-9H2,1H3,(H,16,17)/t10-/m1/s1. The number of aromatic carboxylic acids is 1. The minimum absolute atomic E-state index is 0.366. The zero-order valence-electron chi connectivity index (χ0n) is 10.0. The molecule has 1 aromatic carbocycles. The molecule has 0 amide bonds. The van der Waals surface area contributed by atoms with Gasteiger partial charge >= 0.3 is 5.97 Å². The first-order valence-corrected chi connectivity index (χ1v) is 5.93. The lowest BCUT2D eigenvalue weighted by atomic mass is 10.1. The maximum Gasteiger partial charge on any atom is 0.335 e. The lowest BCUT2D eigenvalue weighted by Crippen LogP contribution is -2.48. The first kappa shape index (κ1) is 12.1. The van der Waals surface area contributed by atoms with Crippen molar-refractivity contribution in [2.24, 2.45) is 0 Å². The lowest BCUT2D eigenvalue weighted by Gasteiger charge is -2.31. The van der Waals surface area contributed by atoms with Crippen molar-refractivity contribution in [3.05, 3.63) is 35.4 Å². The van der Waals surface area contributed by atoms with Gasteiger partial charge in [-0.15, -0.1) is 0 Å². The maximum atomic E-state index is 10.9. The van der Waals surface area contributed by atoms with Crippen LogP contribution in [0.2, 0.25) is 0 Å². The van der Waals surface area contributed by atoms with Gasteiger partial charge < -0.3 is 10.4 Å². The van der Waals surface area contributed by atoms with Gasteiger partial charge in [0.1, 0.15) is 0 Å². The van der Waals surface area contributed by atoms with Crippen molar-refractivity contribution in [3.63, 3.8) is 0 Å². The van der Waals surface area contributed by atoms with Crippen molar-refractivity contribution in [3.8, 4) is 0 Å². The van der Waals surface area contributed by atoms with Crippen molar-refractivity contribution < 1.29 is 9.90 Å². The fraction of sp³-hybridized carbons (Fsp3) is 0.462. The third-order valence-corrected chi connectivity index (χ3v) is 3.03. The molecule has 0 saturated carbocycles. The fourth-order valence-corrected chi connectivity index (χ4v) is 2.22. The molecule has 0 radical (unpaired) electrons. The summed E-state index contributed by atoms with van der Waals surface area (Å²) in [5.74, 6) is -0.861. The Morgan fingerprint density at radius 2 is 2.41 bits per heavy atom. The highest BCUT2D eigenvalue weighted by molar-refractivity contribution is 5.87. The number of carboxylic acid groups (broad SMARTS) is 1. The van der Waals surface area contributed by atoms with E-state index in [1.807, 2.05) is 12.1 Å². The van der Waals surface area contributed by atoms with E-state index in [0.29, 0.717) is 11.6 Å². The van der Waals surface area contributed by atoms with Crippen molar-refractivity contribution in [1.82, 2.24) is 10.2 Å². The van der Waals surface area contributed by atoms with Crippen LogP contribution in [0.4, 0.5) is 0 Å². The zero-order chi connectivity index (χ0) is 12.3. The Morgan fingerprint density at radius 1 is 1.59 bits per heavy atom. The smallest absolute Gasteiger partial charge is 0.335 e. The molecule has 0 bridgehead atoms. The molecule has 1 atom stereocenters. The Morgan fingerprint density at radius 3 is 3.12 bits per heavy atom. The van der Waals surface area contributed by atoms with Crippen LogP contribution in [0, 0.1) is 0 Å². The van der Waals surface area contributed by atoms with Crippen LogP contribution in [-0.4, -0.2) is 41.7 Å². The first-order valence-electron chi connectivity index (χ1n) is 5.93. The van der Waals surface area contributed by atoms with E-state index < -0.39 is 5.97 Å². The second-order valence-corrected chi connectivity index (χ2v) is 4.60. The number of benzene rings is 1. The molecule has 4 nitrogen and oxygen atoms in total. The van der Waals surface area contributed by atoms with Gasteiger partial charge in [-0.3, -0.25) is 4.90 Å². The molecular weight excluding hydrogens is 216 g/mol. The van der Waals surface area contributed by atoms with Crippen molar-refractivity contribution in [2.45, 2.75) is 19.5 Å². The normalized spacial score (nSPS) is 21.4. The second-order valence-electron chi connectivity index (χ2n) is 4.60. The summed E-state index contributed by atoms with van der Waals surface area (Å²) in [4.78, 5) is 13.2. The molecule has 1 aliphatic heterocycles. The number of nitrogens with one attached hydrogen (secondary N) is 1. The summed E-state index contributed by atoms with van der Waals surface area (Å²) in [6, 6.07) is 7.69. The van der Waals surface area contributed by atoms with E-state index >= 15 is 0 Å². The van der Waals surface area contributed by atoms with E-state index in [0.717, 1.165) is 31.7 Å². The second kappa shape index (κ2) is 5.29. The number of rotatable bonds is 3. The van der Waals surface area contributed by atoms with E-state index in [1.54, 1.807) is 12.1 Å². The van der Waals surface area contributed by atoms with Gasteiger partial charge in [0, 0.05) is 32.2 Å². The SMILES string of the molecule is C[C@@H]1CN(Cc2cccc(C(=O)O)c2)CCN1.